The van der Waals surface area contributed by atoms with Gasteiger partial charge < -0.3 is 16.4 Å². The average Bonchev–Trinajstić information content (AvgIpc) is 2.71. The van der Waals surface area contributed by atoms with E-state index in [0.29, 0.717) is 31.6 Å². The predicted molar refractivity (Wildman–Crippen MR) is 123 cm³/mol. The number of amides is 1. The Bertz CT molecular complexity index is 619. The lowest BCUT2D eigenvalue weighted by Gasteiger charge is -2.22. The molecule has 0 unspecified atom stereocenters. The number of benzene rings is 1. The van der Waals surface area contributed by atoms with Gasteiger partial charge in [0.15, 0.2) is 5.96 Å². The van der Waals surface area contributed by atoms with Gasteiger partial charge in [-0.05, 0) is 31.2 Å². The standard InChI is InChI=1S/C24H40N4O2/c25-23(30)18-12-5-3-1-2-4-10-16-22(29)17-11-7-13-19-28(24(26)27)20-21-14-8-6-9-15-21/h6,8-9,14-15H,1-5,7,10-13,16-20H2,(H2,25,30)(H3,26,27). The van der Waals surface area contributed by atoms with Crippen LogP contribution in [-0.2, 0) is 16.1 Å². The maximum absolute atomic E-state index is 12.0. The van der Waals surface area contributed by atoms with Gasteiger partial charge in [-0.3, -0.25) is 15.0 Å². The van der Waals surface area contributed by atoms with E-state index in [-0.39, 0.29) is 11.9 Å². The van der Waals surface area contributed by atoms with E-state index < -0.39 is 0 Å². The number of Topliss-reactive ketones (excluding diaryl/α,β-unsaturated/α-hetero) is 1. The number of nitrogens with zero attached hydrogens (tertiary/aromatic N) is 1. The third-order valence-corrected chi connectivity index (χ3v) is 5.32. The summed E-state index contributed by atoms with van der Waals surface area (Å²) in [7, 11) is 0. The second-order valence-corrected chi connectivity index (χ2v) is 8.08. The average molecular weight is 417 g/mol. The molecule has 0 aromatic heterocycles. The molecule has 1 amide bonds. The molecule has 1 rings (SSSR count). The van der Waals surface area contributed by atoms with Gasteiger partial charge in [0.2, 0.25) is 5.91 Å². The van der Waals surface area contributed by atoms with Crippen LogP contribution in [0.4, 0.5) is 0 Å². The van der Waals surface area contributed by atoms with Crippen molar-refractivity contribution in [2.45, 2.75) is 90.0 Å². The molecule has 0 bridgehead atoms. The number of nitrogens with two attached hydrogens (primary N) is 2. The number of hydrogen-bond acceptors (Lipinski definition) is 3. The van der Waals surface area contributed by atoms with Crippen molar-refractivity contribution in [3.8, 4) is 0 Å². The Labute approximate surface area is 181 Å². The van der Waals surface area contributed by atoms with E-state index in [1.54, 1.807) is 0 Å². The SMILES string of the molecule is N=C(N)N(CCCCCC(=O)CCCCCCCCCC(N)=O)Cc1ccccc1. The maximum Gasteiger partial charge on any atom is 0.217 e. The van der Waals surface area contributed by atoms with Crippen LogP contribution in [0.3, 0.4) is 0 Å². The lowest BCUT2D eigenvalue weighted by molar-refractivity contribution is -0.119. The lowest BCUT2D eigenvalue weighted by atomic mass is 10.0. The van der Waals surface area contributed by atoms with Gasteiger partial charge in [0.1, 0.15) is 5.78 Å². The van der Waals surface area contributed by atoms with Gasteiger partial charge in [-0.2, -0.15) is 0 Å². The van der Waals surface area contributed by atoms with Crippen molar-refractivity contribution in [2.75, 3.05) is 6.54 Å². The van der Waals surface area contributed by atoms with Crippen molar-refractivity contribution in [1.82, 2.24) is 4.90 Å². The van der Waals surface area contributed by atoms with Crippen molar-refractivity contribution in [3.63, 3.8) is 0 Å². The summed E-state index contributed by atoms with van der Waals surface area (Å²) in [5.41, 5.74) is 12.0. The van der Waals surface area contributed by atoms with Gasteiger partial charge in [-0.1, -0.05) is 68.9 Å². The minimum absolute atomic E-state index is 0.0998. The summed E-state index contributed by atoms with van der Waals surface area (Å²) in [4.78, 5) is 24.5. The third kappa shape index (κ3) is 13.7. The molecule has 0 spiro atoms. The molecule has 168 valence electrons. The Hall–Kier alpha value is -2.37. The topological polar surface area (TPSA) is 113 Å². The quantitative estimate of drug-likeness (QED) is 0.186. The Balaban J connectivity index is 1.99. The number of nitrogens with one attached hydrogen (secondary N) is 1. The molecule has 5 N–H and O–H groups in total. The predicted octanol–water partition coefficient (Wildman–Crippen LogP) is 4.51. The van der Waals surface area contributed by atoms with Crippen LogP contribution in [0.5, 0.6) is 0 Å². The fourth-order valence-corrected chi connectivity index (χ4v) is 3.52. The zero-order valence-electron chi connectivity index (χ0n) is 18.4. The highest BCUT2D eigenvalue weighted by molar-refractivity contribution is 5.78. The molecule has 0 saturated carbocycles. The molecule has 0 aliphatic carbocycles. The van der Waals surface area contributed by atoms with E-state index >= 15 is 0 Å². The minimum atomic E-state index is -0.211. The highest BCUT2D eigenvalue weighted by atomic mass is 16.1. The molecular weight excluding hydrogens is 376 g/mol. The van der Waals surface area contributed by atoms with Crippen molar-refractivity contribution in [2.24, 2.45) is 11.5 Å². The van der Waals surface area contributed by atoms with Crippen LogP contribution < -0.4 is 11.5 Å². The van der Waals surface area contributed by atoms with Gasteiger partial charge in [0.05, 0.1) is 0 Å². The molecule has 0 aliphatic rings. The summed E-state index contributed by atoms with van der Waals surface area (Å²) >= 11 is 0. The second-order valence-electron chi connectivity index (χ2n) is 8.08. The summed E-state index contributed by atoms with van der Waals surface area (Å²) in [6, 6.07) is 10.0. The lowest BCUT2D eigenvalue weighted by Crippen LogP contribution is -2.36. The highest BCUT2D eigenvalue weighted by Gasteiger charge is 2.08. The van der Waals surface area contributed by atoms with Crippen LogP contribution in [0.25, 0.3) is 0 Å². The first-order valence-electron chi connectivity index (χ1n) is 11.4. The van der Waals surface area contributed by atoms with Gasteiger partial charge in [0, 0.05) is 32.4 Å². The van der Waals surface area contributed by atoms with E-state index in [9.17, 15) is 9.59 Å². The molecule has 0 fully saturated rings. The van der Waals surface area contributed by atoms with Gasteiger partial charge in [-0.15, -0.1) is 0 Å². The van der Waals surface area contributed by atoms with Crippen LogP contribution in [0.15, 0.2) is 30.3 Å². The monoisotopic (exact) mass is 416 g/mol. The zero-order chi connectivity index (χ0) is 22.0. The number of unbranched alkanes of at least 4 members (excludes halogenated alkanes) is 8. The molecule has 0 aliphatic heterocycles. The van der Waals surface area contributed by atoms with Gasteiger partial charge in [-0.25, -0.2) is 0 Å². The van der Waals surface area contributed by atoms with Gasteiger partial charge >= 0.3 is 0 Å². The molecule has 0 saturated heterocycles. The van der Waals surface area contributed by atoms with E-state index in [1.807, 2.05) is 35.2 Å². The second kappa shape index (κ2) is 16.4. The van der Waals surface area contributed by atoms with Crippen LogP contribution in [0, 0.1) is 5.41 Å². The van der Waals surface area contributed by atoms with Gasteiger partial charge in [0.25, 0.3) is 0 Å². The number of primary amides is 1. The Morgan fingerprint density at radius 1 is 0.733 bits per heavy atom. The molecule has 6 heteroatoms. The summed E-state index contributed by atoms with van der Waals surface area (Å²) in [5, 5.41) is 7.75. The Morgan fingerprint density at radius 3 is 1.77 bits per heavy atom. The van der Waals surface area contributed by atoms with E-state index in [1.165, 1.54) is 6.42 Å². The minimum Gasteiger partial charge on any atom is -0.370 e. The normalized spacial score (nSPS) is 10.7. The van der Waals surface area contributed by atoms with Crippen molar-refractivity contribution >= 4 is 17.6 Å². The van der Waals surface area contributed by atoms with Crippen molar-refractivity contribution < 1.29 is 9.59 Å². The van der Waals surface area contributed by atoms with Crippen molar-refractivity contribution in [3.05, 3.63) is 35.9 Å². The number of ketones is 1. The highest BCUT2D eigenvalue weighted by Crippen LogP contribution is 2.12. The molecule has 30 heavy (non-hydrogen) atoms. The number of hydrogen-bond donors (Lipinski definition) is 3. The zero-order valence-corrected chi connectivity index (χ0v) is 18.4. The summed E-state index contributed by atoms with van der Waals surface area (Å²) in [5.74, 6) is 0.254. The first-order chi connectivity index (χ1) is 14.5. The Kier molecular flexibility index (Phi) is 14.1. The van der Waals surface area contributed by atoms with Crippen LogP contribution >= 0.6 is 0 Å². The van der Waals surface area contributed by atoms with E-state index in [0.717, 1.165) is 69.9 Å². The first-order valence-corrected chi connectivity index (χ1v) is 11.4. The summed E-state index contributed by atoms with van der Waals surface area (Å²) < 4.78 is 0. The number of guanidine groups is 1. The first kappa shape index (κ1) is 25.7. The smallest absolute Gasteiger partial charge is 0.217 e. The fourth-order valence-electron chi connectivity index (χ4n) is 3.52. The number of carbonyl (C=O) groups excluding carboxylic acids is 2. The van der Waals surface area contributed by atoms with Crippen molar-refractivity contribution in [1.29, 1.82) is 5.41 Å². The number of carbonyl (C=O) groups is 2. The largest absolute Gasteiger partial charge is 0.370 e. The summed E-state index contributed by atoms with van der Waals surface area (Å²) in [6.07, 6.45) is 12.2. The third-order valence-electron chi connectivity index (χ3n) is 5.32. The summed E-state index contributed by atoms with van der Waals surface area (Å²) in [6.45, 7) is 1.40. The van der Waals surface area contributed by atoms with Crippen LogP contribution in [0.1, 0.15) is 89.0 Å². The molecular formula is C24H40N4O2. The molecule has 0 atom stereocenters. The molecule has 1 aromatic carbocycles. The fraction of sp³-hybridized carbons (Fsp3) is 0.625. The number of rotatable bonds is 18. The molecule has 1 aromatic rings. The van der Waals surface area contributed by atoms with Crippen LogP contribution in [-0.4, -0.2) is 29.1 Å². The van der Waals surface area contributed by atoms with E-state index in [4.69, 9.17) is 16.9 Å². The molecule has 6 nitrogen and oxygen atoms in total. The maximum atomic E-state index is 12.0. The van der Waals surface area contributed by atoms with E-state index in [2.05, 4.69) is 0 Å². The van der Waals surface area contributed by atoms with Crippen LogP contribution in [0.2, 0.25) is 0 Å². The Morgan fingerprint density at radius 2 is 1.23 bits per heavy atom. The molecule has 0 heterocycles. The molecule has 0 radical (unpaired) electrons.